The Morgan fingerprint density at radius 2 is 2.33 bits per heavy atom. The van der Waals surface area contributed by atoms with E-state index in [0.717, 1.165) is 36.1 Å². The van der Waals surface area contributed by atoms with Gasteiger partial charge in [0, 0.05) is 18.8 Å². The second-order valence-corrected chi connectivity index (χ2v) is 4.76. The van der Waals surface area contributed by atoms with Crippen LogP contribution in [0.3, 0.4) is 0 Å². The van der Waals surface area contributed by atoms with Gasteiger partial charge in [-0.3, -0.25) is 0 Å². The molecule has 92 valence electrons. The highest BCUT2D eigenvalue weighted by Crippen LogP contribution is 2.29. The number of anilines is 1. The van der Waals surface area contributed by atoms with E-state index in [1.54, 1.807) is 0 Å². The highest BCUT2D eigenvalue weighted by Gasteiger charge is 2.24. The highest BCUT2D eigenvalue weighted by atomic mass is 15.2. The van der Waals surface area contributed by atoms with E-state index in [9.17, 15) is 0 Å². The van der Waals surface area contributed by atoms with Gasteiger partial charge in [-0.05, 0) is 20.0 Å². The predicted octanol–water partition coefficient (Wildman–Crippen LogP) is 0.871. The summed E-state index contributed by atoms with van der Waals surface area (Å²) in [6.45, 7) is 2.11. The van der Waals surface area contributed by atoms with E-state index < -0.39 is 0 Å². The Kier molecular flexibility index (Phi) is 2.46. The summed E-state index contributed by atoms with van der Waals surface area (Å²) in [5.41, 5.74) is 7.52. The molecule has 5 heteroatoms. The summed E-state index contributed by atoms with van der Waals surface area (Å²) in [6.07, 6.45) is 10.1. The molecule has 0 aromatic carbocycles. The highest BCUT2D eigenvalue weighted by molar-refractivity contribution is 5.92. The number of likely N-dealkylation sites (N-methyl/N-ethyl adjacent to an activating group) is 1. The fourth-order valence-corrected chi connectivity index (χ4v) is 2.63. The van der Waals surface area contributed by atoms with E-state index in [0.29, 0.717) is 11.9 Å². The second kappa shape index (κ2) is 4.00. The maximum absolute atomic E-state index is 5.90. The molecule has 2 aromatic rings. The monoisotopic (exact) mass is 241 g/mol. The molecule has 1 aliphatic heterocycles. The third kappa shape index (κ3) is 1.54. The van der Waals surface area contributed by atoms with E-state index in [1.807, 2.05) is 6.20 Å². The van der Waals surface area contributed by atoms with Gasteiger partial charge in [-0.25, -0.2) is 9.97 Å². The van der Waals surface area contributed by atoms with Crippen LogP contribution in [0.25, 0.3) is 11.0 Å². The lowest BCUT2D eigenvalue weighted by molar-refractivity contribution is 0.394. The van der Waals surface area contributed by atoms with Crippen LogP contribution in [0, 0.1) is 12.3 Å². The van der Waals surface area contributed by atoms with Gasteiger partial charge in [0.05, 0.1) is 10.9 Å². The molecular formula is C13H15N5. The maximum Gasteiger partial charge on any atom is 0.147 e. The fourth-order valence-electron chi connectivity index (χ4n) is 2.63. The van der Waals surface area contributed by atoms with E-state index in [4.69, 9.17) is 12.2 Å². The SMILES string of the molecule is C#Cc1cn(C2CCN(C)C2)c2ncnc(N)c12. The van der Waals surface area contributed by atoms with Gasteiger partial charge in [0.25, 0.3) is 0 Å². The number of likely N-dealkylation sites (tertiary alicyclic amines) is 1. The molecule has 0 spiro atoms. The Hall–Kier alpha value is -2.06. The lowest BCUT2D eigenvalue weighted by Gasteiger charge is -2.13. The average molecular weight is 241 g/mol. The largest absolute Gasteiger partial charge is 0.383 e. The molecule has 0 aliphatic carbocycles. The van der Waals surface area contributed by atoms with E-state index in [-0.39, 0.29) is 0 Å². The molecule has 1 atom stereocenters. The number of hydrogen-bond acceptors (Lipinski definition) is 4. The minimum Gasteiger partial charge on any atom is -0.383 e. The molecule has 2 N–H and O–H groups in total. The van der Waals surface area contributed by atoms with Crippen molar-refractivity contribution < 1.29 is 0 Å². The molecule has 5 nitrogen and oxygen atoms in total. The molecule has 1 saturated heterocycles. The molecular weight excluding hydrogens is 226 g/mol. The molecule has 0 saturated carbocycles. The van der Waals surface area contributed by atoms with Crippen molar-refractivity contribution in [2.45, 2.75) is 12.5 Å². The number of terminal acetylenes is 1. The van der Waals surface area contributed by atoms with Crippen LogP contribution >= 0.6 is 0 Å². The van der Waals surface area contributed by atoms with Crippen molar-refractivity contribution in [3.63, 3.8) is 0 Å². The maximum atomic E-state index is 5.90. The van der Waals surface area contributed by atoms with Crippen LogP contribution in [-0.2, 0) is 0 Å². The smallest absolute Gasteiger partial charge is 0.147 e. The molecule has 0 radical (unpaired) electrons. The predicted molar refractivity (Wildman–Crippen MR) is 71.0 cm³/mol. The zero-order valence-electron chi connectivity index (χ0n) is 10.3. The van der Waals surface area contributed by atoms with E-state index in [2.05, 4.69) is 32.4 Å². The third-order valence-corrected chi connectivity index (χ3v) is 3.55. The van der Waals surface area contributed by atoms with Gasteiger partial charge < -0.3 is 15.2 Å². The fraction of sp³-hybridized carbons (Fsp3) is 0.385. The van der Waals surface area contributed by atoms with E-state index >= 15 is 0 Å². The number of nitrogen functional groups attached to an aromatic ring is 1. The first kappa shape index (κ1) is 11.1. The minimum atomic E-state index is 0.411. The molecule has 3 rings (SSSR count). The van der Waals surface area contributed by atoms with Crippen LogP contribution in [0.4, 0.5) is 5.82 Å². The third-order valence-electron chi connectivity index (χ3n) is 3.55. The van der Waals surface area contributed by atoms with Crippen LogP contribution in [0.2, 0.25) is 0 Å². The Balaban J connectivity index is 2.19. The van der Waals surface area contributed by atoms with Crippen molar-refractivity contribution in [1.29, 1.82) is 0 Å². The number of nitrogens with zero attached hydrogens (tertiary/aromatic N) is 4. The van der Waals surface area contributed by atoms with Gasteiger partial charge in [-0.15, -0.1) is 6.42 Å². The lowest BCUT2D eigenvalue weighted by Crippen LogP contribution is -2.16. The van der Waals surface area contributed by atoms with Crippen molar-refractivity contribution in [2.75, 3.05) is 25.9 Å². The Morgan fingerprint density at radius 3 is 3.00 bits per heavy atom. The van der Waals surface area contributed by atoms with Crippen LogP contribution in [0.15, 0.2) is 12.5 Å². The molecule has 1 aliphatic rings. The number of aromatic nitrogens is 3. The zero-order chi connectivity index (χ0) is 12.7. The summed E-state index contributed by atoms with van der Waals surface area (Å²) in [6, 6.07) is 0.411. The van der Waals surface area contributed by atoms with Crippen molar-refractivity contribution in [3.8, 4) is 12.3 Å². The Bertz CT molecular complexity index is 637. The first-order chi connectivity index (χ1) is 8.70. The number of hydrogen-bond donors (Lipinski definition) is 1. The van der Waals surface area contributed by atoms with Crippen molar-refractivity contribution in [2.24, 2.45) is 0 Å². The normalized spacial score (nSPS) is 20.3. The molecule has 0 amide bonds. The summed E-state index contributed by atoms with van der Waals surface area (Å²) in [5, 5.41) is 0.801. The first-order valence-corrected chi connectivity index (χ1v) is 5.97. The van der Waals surface area contributed by atoms with Crippen LogP contribution < -0.4 is 5.73 Å². The van der Waals surface area contributed by atoms with E-state index in [1.165, 1.54) is 6.33 Å². The first-order valence-electron chi connectivity index (χ1n) is 5.97. The van der Waals surface area contributed by atoms with Gasteiger partial charge in [0.1, 0.15) is 17.8 Å². The Labute approximate surface area is 106 Å². The van der Waals surface area contributed by atoms with Gasteiger partial charge >= 0.3 is 0 Å². The average Bonchev–Trinajstić information content (AvgIpc) is 2.93. The standard InChI is InChI=1S/C13H15N5/c1-3-9-6-18(10-4-5-17(2)7-10)13-11(9)12(14)15-8-16-13/h1,6,8,10H,4-5,7H2,2H3,(H2,14,15,16). The topological polar surface area (TPSA) is 60.0 Å². The van der Waals surface area contributed by atoms with Crippen molar-refractivity contribution >= 4 is 16.9 Å². The molecule has 3 heterocycles. The lowest BCUT2D eigenvalue weighted by atomic mass is 10.2. The summed E-state index contributed by atoms with van der Waals surface area (Å²) in [7, 11) is 2.12. The van der Waals surface area contributed by atoms with Gasteiger partial charge in [0.2, 0.25) is 0 Å². The molecule has 1 fully saturated rings. The Morgan fingerprint density at radius 1 is 1.50 bits per heavy atom. The van der Waals surface area contributed by atoms with Gasteiger partial charge in [-0.2, -0.15) is 0 Å². The van der Waals surface area contributed by atoms with Crippen molar-refractivity contribution in [1.82, 2.24) is 19.4 Å². The van der Waals surface area contributed by atoms with Gasteiger partial charge in [0.15, 0.2) is 0 Å². The molecule has 1 unspecified atom stereocenters. The summed E-state index contributed by atoms with van der Waals surface area (Å²) < 4.78 is 2.14. The zero-order valence-corrected chi connectivity index (χ0v) is 10.3. The quantitative estimate of drug-likeness (QED) is 0.753. The molecule has 18 heavy (non-hydrogen) atoms. The summed E-state index contributed by atoms with van der Waals surface area (Å²) >= 11 is 0. The summed E-state index contributed by atoms with van der Waals surface area (Å²) in [5.74, 6) is 3.13. The van der Waals surface area contributed by atoms with Crippen LogP contribution in [0.5, 0.6) is 0 Å². The molecule has 0 bridgehead atoms. The number of fused-ring (bicyclic) bond motifs is 1. The van der Waals surface area contributed by atoms with Gasteiger partial charge in [-0.1, -0.05) is 5.92 Å². The second-order valence-electron chi connectivity index (χ2n) is 4.76. The molecule has 2 aromatic heterocycles. The van der Waals surface area contributed by atoms with Crippen LogP contribution in [0.1, 0.15) is 18.0 Å². The number of nitrogens with two attached hydrogens (primary N) is 1. The van der Waals surface area contributed by atoms with Crippen molar-refractivity contribution in [3.05, 3.63) is 18.1 Å². The summed E-state index contributed by atoms with van der Waals surface area (Å²) in [4.78, 5) is 10.7. The number of rotatable bonds is 1. The minimum absolute atomic E-state index is 0.411. The van der Waals surface area contributed by atoms with Crippen LogP contribution in [-0.4, -0.2) is 39.6 Å².